The Morgan fingerprint density at radius 2 is 2.38 bits per heavy atom. The summed E-state index contributed by atoms with van der Waals surface area (Å²) in [7, 11) is 2.75. The topological polar surface area (TPSA) is 17.1 Å². The fourth-order valence-corrected chi connectivity index (χ4v) is 1.97. The maximum absolute atomic E-state index is 10.2. The Hall–Kier alpha value is 0.660. The third-order valence-corrected chi connectivity index (χ3v) is 3.03. The quantitative estimate of drug-likeness (QED) is 0.367. The molecule has 1 nitrogen and oxygen atoms in total. The summed E-state index contributed by atoms with van der Waals surface area (Å²) in [6, 6.07) is 0. The van der Waals surface area contributed by atoms with E-state index in [1.165, 1.54) is 21.6 Å². The molecule has 0 aromatic heterocycles. The highest BCUT2D eigenvalue weighted by molar-refractivity contribution is 8.82. The number of rotatable bonds is 3. The fourth-order valence-electron chi connectivity index (χ4n) is 0.156. The van der Waals surface area contributed by atoms with Gasteiger partial charge in [-0.15, -0.1) is 11.6 Å². The smallest absolute Gasteiger partial charge is 0.196 e. The van der Waals surface area contributed by atoms with Crippen molar-refractivity contribution in [1.29, 1.82) is 0 Å². The number of carbonyl (C=O) groups excluding carboxylic acids is 1. The zero-order valence-corrected chi connectivity index (χ0v) is 6.91. The minimum Gasteiger partial charge on any atom is -0.287 e. The average Bonchev–Trinajstić information content (AvgIpc) is 1.66. The van der Waals surface area contributed by atoms with Crippen molar-refractivity contribution in [1.82, 2.24) is 0 Å². The Morgan fingerprint density at radius 1 is 1.75 bits per heavy atom. The van der Waals surface area contributed by atoms with E-state index in [0.29, 0.717) is 5.88 Å². The maximum Gasteiger partial charge on any atom is 0.196 e. The van der Waals surface area contributed by atoms with Crippen molar-refractivity contribution < 1.29 is 4.79 Å². The molecule has 0 saturated heterocycles. The highest BCUT2D eigenvalue weighted by Gasteiger charge is 1.91. The van der Waals surface area contributed by atoms with Gasteiger partial charge in [-0.25, -0.2) is 0 Å². The summed E-state index contributed by atoms with van der Waals surface area (Å²) in [5.74, 6) is 1.46. The predicted molar refractivity (Wildman–Crippen MR) is 41.5 cm³/mol. The van der Waals surface area contributed by atoms with E-state index in [1.54, 1.807) is 6.92 Å². The van der Waals surface area contributed by atoms with Crippen LogP contribution in [-0.4, -0.2) is 16.7 Å². The molecule has 0 atom stereocenters. The van der Waals surface area contributed by atoms with E-state index in [-0.39, 0.29) is 5.12 Å². The van der Waals surface area contributed by atoms with Crippen LogP contribution in [-0.2, 0) is 4.79 Å². The van der Waals surface area contributed by atoms with Crippen LogP contribution in [0.2, 0.25) is 0 Å². The van der Waals surface area contributed by atoms with E-state index in [0.717, 1.165) is 5.75 Å². The van der Waals surface area contributed by atoms with Crippen LogP contribution >= 0.6 is 33.2 Å². The van der Waals surface area contributed by atoms with Gasteiger partial charge in [0.25, 0.3) is 0 Å². The highest BCUT2D eigenvalue weighted by atomic mass is 35.5. The average molecular weight is 171 g/mol. The Labute approximate surface area is 61.9 Å². The lowest BCUT2D eigenvalue weighted by molar-refractivity contribution is -0.109. The van der Waals surface area contributed by atoms with Crippen LogP contribution in [0.15, 0.2) is 0 Å². The van der Waals surface area contributed by atoms with Gasteiger partial charge in [0.15, 0.2) is 5.12 Å². The van der Waals surface area contributed by atoms with Crippen molar-refractivity contribution in [3.63, 3.8) is 0 Å². The molecule has 0 unspecified atom stereocenters. The summed E-state index contributed by atoms with van der Waals surface area (Å²) in [6.07, 6.45) is 0. The summed E-state index contributed by atoms with van der Waals surface area (Å²) >= 11 is 5.34. The number of alkyl halides is 1. The molecule has 0 fully saturated rings. The van der Waals surface area contributed by atoms with Crippen LogP contribution in [0.4, 0.5) is 0 Å². The monoisotopic (exact) mass is 170 g/mol. The van der Waals surface area contributed by atoms with E-state index in [1.807, 2.05) is 0 Å². The zero-order valence-electron chi connectivity index (χ0n) is 4.52. The van der Waals surface area contributed by atoms with Crippen molar-refractivity contribution in [2.24, 2.45) is 0 Å². The summed E-state index contributed by atoms with van der Waals surface area (Å²) in [6.45, 7) is 1.55. The lowest BCUT2D eigenvalue weighted by Crippen LogP contribution is -1.78. The summed E-state index contributed by atoms with van der Waals surface area (Å²) in [5, 5.41) is 0.139. The highest BCUT2D eigenvalue weighted by Crippen LogP contribution is 2.20. The van der Waals surface area contributed by atoms with E-state index in [2.05, 4.69) is 0 Å². The number of carbonyl (C=O) groups is 1. The van der Waals surface area contributed by atoms with Crippen LogP contribution in [0.1, 0.15) is 6.92 Å². The van der Waals surface area contributed by atoms with Crippen LogP contribution in [0.5, 0.6) is 0 Å². The molecule has 0 aliphatic heterocycles. The van der Waals surface area contributed by atoms with Gasteiger partial charge < -0.3 is 0 Å². The Bertz CT molecular complexity index is 76.4. The molecule has 0 aliphatic carbocycles. The molecular formula is C4H7ClOS2. The molecule has 0 bridgehead atoms. The van der Waals surface area contributed by atoms with E-state index in [4.69, 9.17) is 11.6 Å². The Balaban J connectivity index is 2.82. The molecule has 48 valence electrons. The van der Waals surface area contributed by atoms with Gasteiger partial charge in [0.2, 0.25) is 0 Å². The SMILES string of the molecule is CC(=O)SSCCCl. The molecule has 0 aromatic carbocycles. The first-order chi connectivity index (χ1) is 3.77. The molecule has 0 aromatic rings. The number of hydrogen-bond acceptors (Lipinski definition) is 3. The lowest BCUT2D eigenvalue weighted by Gasteiger charge is -1.89. The standard InChI is InChI=1S/C4H7ClOS2/c1-4(6)8-7-3-2-5/h2-3H2,1H3. The van der Waals surface area contributed by atoms with Crippen molar-refractivity contribution in [3.8, 4) is 0 Å². The van der Waals surface area contributed by atoms with Gasteiger partial charge >= 0.3 is 0 Å². The third-order valence-electron chi connectivity index (χ3n) is 0.337. The van der Waals surface area contributed by atoms with Crippen molar-refractivity contribution in [2.75, 3.05) is 11.6 Å². The minimum absolute atomic E-state index is 0.139. The Kier molecular flexibility index (Phi) is 6.27. The summed E-state index contributed by atoms with van der Waals surface area (Å²) in [4.78, 5) is 10.2. The second-order valence-corrected chi connectivity index (χ2v) is 4.06. The Morgan fingerprint density at radius 3 is 2.75 bits per heavy atom. The summed E-state index contributed by atoms with van der Waals surface area (Å²) < 4.78 is 0. The van der Waals surface area contributed by atoms with Gasteiger partial charge in [-0.05, 0) is 10.8 Å². The van der Waals surface area contributed by atoms with Crippen LogP contribution < -0.4 is 0 Å². The number of hydrogen-bond donors (Lipinski definition) is 0. The number of halogens is 1. The molecule has 0 saturated carbocycles. The molecule has 0 amide bonds. The molecule has 0 heterocycles. The van der Waals surface area contributed by atoms with Crippen LogP contribution in [0.25, 0.3) is 0 Å². The van der Waals surface area contributed by atoms with Crippen molar-refractivity contribution >= 4 is 38.3 Å². The second kappa shape index (κ2) is 5.79. The molecular weight excluding hydrogens is 164 g/mol. The zero-order chi connectivity index (χ0) is 6.41. The predicted octanol–water partition coefficient (Wildman–Crippen LogP) is 2.15. The molecule has 0 rings (SSSR count). The molecule has 0 N–H and O–H groups in total. The fraction of sp³-hybridized carbons (Fsp3) is 0.750. The van der Waals surface area contributed by atoms with Gasteiger partial charge in [0.05, 0.1) is 0 Å². The van der Waals surface area contributed by atoms with Crippen LogP contribution in [0, 0.1) is 0 Å². The largest absolute Gasteiger partial charge is 0.287 e. The van der Waals surface area contributed by atoms with Gasteiger partial charge in [-0.1, -0.05) is 10.8 Å². The first-order valence-electron chi connectivity index (χ1n) is 2.13. The van der Waals surface area contributed by atoms with Crippen molar-refractivity contribution in [2.45, 2.75) is 6.92 Å². The first-order valence-corrected chi connectivity index (χ1v) is 4.98. The van der Waals surface area contributed by atoms with E-state index < -0.39 is 0 Å². The third kappa shape index (κ3) is 6.66. The molecule has 8 heavy (non-hydrogen) atoms. The molecule has 4 heteroatoms. The minimum atomic E-state index is 0.139. The van der Waals surface area contributed by atoms with Gasteiger partial charge in [0, 0.05) is 18.6 Å². The van der Waals surface area contributed by atoms with E-state index >= 15 is 0 Å². The maximum atomic E-state index is 10.2. The first kappa shape index (κ1) is 8.66. The lowest BCUT2D eigenvalue weighted by atomic mass is 10.9. The van der Waals surface area contributed by atoms with Crippen LogP contribution in [0.3, 0.4) is 0 Å². The van der Waals surface area contributed by atoms with Gasteiger partial charge in [0.1, 0.15) is 0 Å². The molecule has 0 spiro atoms. The van der Waals surface area contributed by atoms with Gasteiger partial charge in [-0.2, -0.15) is 0 Å². The molecule has 0 aliphatic rings. The van der Waals surface area contributed by atoms with Crippen molar-refractivity contribution in [3.05, 3.63) is 0 Å². The normalized spacial score (nSPS) is 9.25. The second-order valence-electron chi connectivity index (χ2n) is 1.09. The van der Waals surface area contributed by atoms with Gasteiger partial charge in [-0.3, -0.25) is 4.79 Å². The summed E-state index contributed by atoms with van der Waals surface area (Å²) in [5.41, 5.74) is 0. The van der Waals surface area contributed by atoms with E-state index in [9.17, 15) is 4.79 Å². The molecule has 0 radical (unpaired) electrons.